The average Bonchev–Trinajstić information content (AvgIpc) is 3.21. The topological polar surface area (TPSA) is 85.5 Å². The lowest BCUT2D eigenvalue weighted by Gasteiger charge is -2.36. The molecule has 7 nitrogen and oxygen atoms in total. The summed E-state index contributed by atoms with van der Waals surface area (Å²) in [5, 5.41) is 4.84. The van der Waals surface area contributed by atoms with Gasteiger partial charge < -0.3 is 20.1 Å². The van der Waals surface area contributed by atoms with Gasteiger partial charge in [0.25, 0.3) is 5.91 Å². The van der Waals surface area contributed by atoms with Crippen LogP contribution in [0.3, 0.4) is 0 Å². The van der Waals surface area contributed by atoms with Gasteiger partial charge in [-0.25, -0.2) is 0 Å². The number of hydrogen-bond acceptors (Lipinski definition) is 3. The molecule has 172 valence electrons. The minimum atomic E-state index is -0.783. The lowest BCUT2D eigenvalue weighted by atomic mass is 10.0. The minimum Gasteiger partial charge on any atom is -0.351 e. The lowest BCUT2D eigenvalue weighted by molar-refractivity contribution is -0.139. The highest BCUT2D eigenvalue weighted by molar-refractivity contribution is 6.31. The predicted molar refractivity (Wildman–Crippen MR) is 129 cm³/mol. The number of H-pyrrole nitrogens is 1. The Bertz CT molecular complexity index is 1200. The molecule has 0 saturated carbocycles. The molecule has 0 aliphatic carbocycles. The first-order chi connectivity index (χ1) is 15.8. The summed E-state index contributed by atoms with van der Waals surface area (Å²) >= 11 is 12.2. The normalized spacial score (nSPS) is 14.9. The molecule has 9 heteroatoms. The van der Waals surface area contributed by atoms with Gasteiger partial charge in [-0.05, 0) is 42.0 Å². The Morgan fingerprint density at radius 1 is 0.970 bits per heavy atom. The first-order valence-electron chi connectivity index (χ1n) is 10.7. The van der Waals surface area contributed by atoms with E-state index in [-0.39, 0.29) is 17.7 Å². The highest BCUT2D eigenvalue weighted by Crippen LogP contribution is 2.20. The fourth-order valence-electron chi connectivity index (χ4n) is 4.02. The number of amides is 3. The van der Waals surface area contributed by atoms with E-state index < -0.39 is 6.04 Å². The van der Waals surface area contributed by atoms with E-state index in [1.165, 1.54) is 6.92 Å². The molecule has 1 fully saturated rings. The Morgan fingerprint density at radius 3 is 2.36 bits per heavy atom. The summed E-state index contributed by atoms with van der Waals surface area (Å²) in [5.41, 5.74) is 1.96. The van der Waals surface area contributed by atoms with Crippen molar-refractivity contribution < 1.29 is 14.4 Å². The molecule has 3 amide bonds. The third-order valence-electron chi connectivity index (χ3n) is 5.80. The first kappa shape index (κ1) is 23.1. The van der Waals surface area contributed by atoms with Crippen LogP contribution in [0.1, 0.15) is 23.0 Å². The molecule has 0 bridgehead atoms. The summed E-state index contributed by atoms with van der Waals surface area (Å²) in [5.74, 6) is -0.583. The number of fused-ring (bicyclic) bond motifs is 1. The van der Waals surface area contributed by atoms with E-state index in [4.69, 9.17) is 23.2 Å². The van der Waals surface area contributed by atoms with Gasteiger partial charge in [0.15, 0.2) is 0 Å². The van der Waals surface area contributed by atoms with E-state index in [1.54, 1.807) is 46.2 Å². The van der Waals surface area contributed by atoms with Crippen molar-refractivity contribution in [1.82, 2.24) is 20.1 Å². The summed E-state index contributed by atoms with van der Waals surface area (Å²) in [4.78, 5) is 44.6. The summed E-state index contributed by atoms with van der Waals surface area (Å²) in [7, 11) is 0. The van der Waals surface area contributed by atoms with E-state index in [9.17, 15) is 14.4 Å². The second-order valence-corrected chi connectivity index (χ2v) is 8.98. The maximum Gasteiger partial charge on any atom is 0.268 e. The second-order valence-electron chi connectivity index (χ2n) is 8.11. The van der Waals surface area contributed by atoms with E-state index in [1.807, 2.05) is 12.1 Å². The van der Waals surface area contributed by atoms with Crippen molar-refractivity contribution in [2.45, 2.75) is 19.4 Å². The van der Waals surface area contributed by atoms with Crippen LogP contribution in [0.2, 0.25) is 10.0 Å². The molecule has 0 radical (unpaired) electrons. The number of benzene rings is 2. The van der Waals surface area contributed by atoms with Gasteiger partial charge in [0.1, 0.15) is 11.7 Å². The summed E-state index contributed by atoms with van der Waals surface area (Å²) < 4.78 is 0. The van der Waals surface area contributed by atoms with Gasteiger partial charge >= 0.3 is 0 Å². The molecule has 1 aromatic heterocycles. The number of rotatable bonds is 5. The van der Waals surface area contributed by atoms with Crippen molar-refractivity contribution in [3.05, 3.63) is 69.8 Å². The number of aromatic amines is 1. The first-order valence-corrected chi connectivity index (χ1v) is 11.4. The van der Waals surface area contributed by atoms with Crippen molar-refractivity contribution in [3.8, 4) is 0 Å². The Hall–Kier alpha value is -3.03. The molecule has 33 heavy (non-hydrogen) atoms. The lowest BCUT2D eigenvalue weighted by Crippen LogP contribution is -2.56. The minimum absolute atomic E-state index is 0.00945. The molecule has 3 aromatic rings. The molecular formula is C24H24Cl2N4O3. The summed E-state index contributed by atoms with van der Waals surface area (Å²) in [6.45, 7) is 3.31. The molecule has 4 rings (SSSR count). The van der Waals surface area contributed by atoms with Gasteiger partial charge in [0.2, 0.25) is 11.8 Å². The zero-order valence-corrected chi connectivity index (χ0v) is 19.6. The van der Waals surface area contributed by atoms with Crippen molar-refractivity contribution in [2.24, 2.45) is 0 Å². The van der Waals surface area contributed by atoms with E-state index >= 15 is 0 Å². The summed E-state index contributed by atoms with van der Waals surface area (Å²) in [6.07, 6.45) is 0.296. The van der Waals surface area contributed by atoms with Crippen molar-refractivity contribution in [1.29, 1.82) is 0 Å². The number of nitrogens with zero attached hydrogens (tertiary/aromatic N) is 2. The van der Waals surface area contributed by atoms with Crippen molar-refractivity contribution >= 4 is 51.8 Å². The fourth-order valence-corrected chi connectivity index (χ4v) is 4.42. The Kier molecular flexibility index (Phi) is 6.91. The average molecular weight is 487 g/mol. The molecule has 1 atom stereocenters. The number of carbonyl (C=O) groups is 3. The van der Waals surface area contributed by atoms with Crippen LogP contribution < -0.4 is 5.32 Å². The molecule has 2 N–H and O–H groups in total. The van der Waals surface area contributed by atoms with Crippen LogP contribution in [-0.2, 0) is 16.0 Å². The zero-order chi connectivity index (χ0) is 23.5. The molecule has 0 spiro atoms. The Balaban J connectivity index is 1.54. The largest absolute Gasteiger partial charge is 0.351 e. The quantitative estimate of drug-likeness (QED) is 0.578. The van der Waals surface area contributed by atoms with E-state index in [2.05, 4.69) is 10.3 Å². The monoisotopic (exact) mass is 486 g/mol. The van der Waals surface area contributed by atoms with E-state index in [0.717, 1.165) is 16.5 Å². The number of carbonyl (C=O) groups excluding carboxylic acids is 3. The number of nitrogens with one attached hydrogen (secondary N) is 2. The smallest absolute Gasteiger partial charge is 0.268 e. The zero-order valence-electron chi connectivity index (χ0n) is 18.1. The standard InChI is InChI=1S/C24H24Cl2N4O3/c1-15(31)29-7-9-30(10-8-29)24(33)22(12-16-3-2-4-18(25)11-16)28-23(32)21-14-17-13-19(26)5-6-20(17)27-21/h2-6,11,13-14,22,27H,7-10,12H2,1H3,(H,28,32). The highest BCUT2D eigenvalue weighted by Gasteiger charge is 2.30. The molecule has 2 heterocycles. The van der Waals surface area contributed by atoms with Gasteiger partial charge in [-0.15, -0.1) is 0 Å². The van der Waals surface area contributed by atoms with Crippen LogP contribution >= 0.6 is 23.2 Å². The van der Waals surface area contributed by atoms with Crippen LogP contribution in [-0.4, -0.2) is 64.7 Å². The Labute approximate surface area is 201 Å². The number of halogens is 2. The Morgan fingerprint density at radius 2 is 1.67 bits per heavy atom. The van der Waals surface area contributed by atoms with Crippen LogP contribution in [0.5, 0.6) is 0 Å². The van der Waals surface area contributed by atoms with Gasteiger partial charge in [-0.2, -0.15) is 0 Å². The predicted octanol–water partition coefficient (Wildman–Crippen LogP) is 3.51. The number of aromatic nitrogens is 1. The molecular weight excluding hydrogens is 463 g/mol. The van der Waals surface area contributed by atoms with Crippen LogP contribution in [0.4, 0.5) is 0 Å². The SMILES string of the molecule is CC(=O)N1CCN(C(=O)C(Cc2cccc(Cl)c2)NC(=O)c2cc3cc(Cl)ccc3[nH]2)CC1. The van der Waals surface area contributed by atoms with E-state index in [0.29, 0.717) is 48.3 Å². The molecule has 1 saturated heterocycles. The molecule has 1 unspecified atom stereocenters. The number of hydrogen-bond donors (Lipinski definition) is 2. The molecule has 2 aromatic carbocycles. The second kappa shape index (κ2) is 9.85. The van der Waals surface area contributed by atoms with Crippen molar-refractivity contribution in [2.75, 3.05) is 26.2 Å². The maximum atomic E-state index is 13.4. The van der Waals surface area contributed by atoms with Gasteiger partial charge in [-0.3, -0.25) is 14.4 Å². The number of piperazine rings is 1. The molecule has 1 aliphatic rings. The summed E-state index contributed by atoms with van der Waals surface area (Å²) in [6, 6.07) is 13.5. The van der Waals surface area contributed by atoms with Crippen LogP contribution in [0, 0.1) is 0 Å². The maximum absolute atomic E-state index is 13.4. The third-order valence-corrected chi connectivity index (χ3v) is 6.27. The third kappa shape index (κ3) is 5.49. The highest BCUT2D eigenvalue weighted by atomic mass is 35.5. The van der Waals surface area contributed by atoms with Gasteiger partial charge in [0, 0.05) is 60.5 Å². The van der Waals surface area contributed by atoms with Gasteiger partial charge in [-0.1, -0.05) is 35.3 Å². The fraction of sp³-hybridized carbons (Fsp3) is 0.292. The van der Waals surface area contributed by atoms with Crippen molar-refractivity contribution in [3.63, 3.8) is 0 Å². The van der Waals surface area contributed by atoms with Crippen LogP contribution in [0.15, 0.2) is 48.5 Å². The van der Waals surface area contributed by atoms with Gasteiger partial charge in [0.05, 0.1) is 0 Å². The molecule has 1 aliphatic heterocycles. The van der Waals surface area contributed by atoms with Crippen LogP contribution in [0.25, 0.3) is 10.9 Å².